The Hall–Kier alpha value is -1.87. The first kappa shape index (κ1) is 22.3. The van der Waals surface area contributed by atoms with Gasteiger partial charge in [0.25, 0.3) is 0 Å². The lowest BCUT2D eigenvalue weighted by Gasteiger charge is -2.43. The van der Waals surface area contributed by atoms with E-state index >= 15 is 0 Å². The molecule has 0 spiro atoms. The van der Waals surface area contributed by atoms with Crippen LogP contribution >= 0.6 is 23.4 Å². The number of aromatic nitrogens is 3. The van der Waals surface area contributed by atoms with Crippen LogP contribution in [0.1, 0.15) is 46.2 Å². The minimum atomic E-state index is -0.605. The van der Waals surface area contributed by atoms with Crippen LogP contribution in [-0.4, -0.2) is 63.0 Å². The van der Waals surface area contributed by atoms with Gasteiger partial charge in [0.1, 0.15) is 16.9 Å². The van der Waals surface area contributed by atoms with Crippen LogP contribution in [0.25, 0.3) is 10.9 Å². The van der Waals surface area contributed by atoms with Gasteiger partial charge in [-0.15, -0.1) is 0 Å². The minimum Gasteiger partial charge on any atom is -0.444 e. The van der Waals surface area contributed by atoms with E-state index in [1.165, 1.54) is 11.8 Å². The van der Waals surface area contributed by atoms with Crippen LogP contribution in [0.5, 0.6) is 0 Å². The van der Waals surface area contributed by atoms with Crippen molar-refractivity contribution in [2.45, 2.75) is 63.8 Å². The Morgan fingerprint density at radius 3 is 2.77 bits per heavy atom. The monoisotopic (exact) mass is 467 g/mol. The van der Waals surface area contributed by atoms with E-state index in [0.29, 0.717) is 42.4 Å². The van der Waals surface area contributed by atoms with Crippen LogP contribution in [0.2, 0.25) is 5.15 Å². The summed E-state index contributed by atoms with van der Waals surface area (Å²) >= 11 is 7.55. The maximum atomic E-state index is 14.9. The van der Waals surface area contributed by atoms with E-state index < -0.39 is 11.4 Å². The molecule has 0 N–H and O–H groups in total. The van der Waals surface area contributed by atoms with Crippen molar-refractivity contribution >= 4 is 46.2 Å². The highest BCUT2D eigenvalue weighted by Crippen LogP contribution is 2.37. The van der Waals surface area contributed by atoms with Crippen molar-refractivity contribution in [3.63, 3.8) is 0 Å². The molecule has 31 heavy (non-hydrogen) atoms. The lowest BCUT2D eigenvalue weighted by molar-refractivity contribution is 0.0211. The van der Waals surface area contributed by atoms with Crippen molar-refractivity contribution in [2.24, 2.45) is 0 Å². The Balaban J connectivity index is 1.75. The summed E-state index contributed by atoms with van der Waals surface area (Å²) in [5, 5.41) is 1.01. The second-order valence-corrected chi connectivity index (χ2v) is 10.4. The van der Waals surface area contributed by atoms with Gasteiger partial charge >= 0.3 is 6.09 Å². The first-order valence-electron chi connectivity index (χ1n) is 10.6. The second kappa shape index (κ2) is 8.58. The van der Waals surface area contributed by atoms with E-state index in [4.69, 9.17) is 21.3 Å². The molecular weight excluding hydrogens is 441 g/mol. The minimum absolute atomic E-state index is 0.0609. The quantitative estimate of drug-likeness (QED) is 0.360. The van der Waals surface area contributed by atoms with Gasteiger partial charge in [-0.2, -0.15) is 0 Å². The highest BCUT2D eigenvalue weighted by molar-refractivity contribution is 7.99. The fourth-order valence-electron chi connectivity index (χ4n) is 4.14. The lowest BCUT2D eigenvalue weighted by Crippen LogP contribution is -2.56. The van der Waals surface area contributed by atoms with Crippen LogP contribution in [0, 0.1) is 5.82 Å². The Morgan fingerprint density at radius 2 is 2.06 bits per heavy atom. The highest BCUT2D eigenvalue weighted by atomic mass is 35.5. The molecule has 1 fully saturated rings. The zero-order chi connectivity index (χ0) is 22.3. The molecule has 1 atom stereocenters. The molecule has 4 rings (SSSR count). The van der Waals surface area contributed by atoms with E-state index in [0.717, 1.165) is 24.3 Å². The van der Waals surface area contributed by atoms with Gasteiger partial charge in [0.15, 0.2) is 16.1 Å². The number of thioether (sulfide) groups is 1. The van der Waals surface area contributed by atoms with Crippen molar-refractivity contribution < 1.29 is 13.9 Å². The first-order chi connectivity index (χ1) is 14.7. The molecule has 0 unspecified atom stereocenters. The number of carbonyl (C=O) groups excluding carboxylic acids is 1. The normalized spacial score (nSPS) is 19.1. The Morgan fingerprint density at radius 1 is 1.29 bits per heavy atom. The van der Waals surface area contributed by atoms with Crippen LogP contribution < -0.4 is 4.90 Å². The van der Waals surface area contributed by atoms with Gasteiger partial charge in [0, 0.05) is 25.7 Å². The summed E-state index contributed by atoms with van der Waals surface area (Å²) in [6, 6.07) is 0.0609. The van der Waals surface area contributed by atoms with E-state index in [2.05, 4.69) is 14.9 Å². The molecule has 7 nitrogen and oxygen atoms in total. The van der Waals surface area contributed by atoms with E-state index in [-0.39, 0.29) is 22.8 Å². The summed E-state index contributed by atoms with van der Waals surface area (Å²) in [5.74, 6) is 0.854. The van der Waals surface area contributed by atoms with E-state index in [1.807, 2.05) is 27.7 Å². The molecular formula is C21H27ClFN5O2S. The molecule has 2 aromatic rings. The summed E-state index contributed by atoms with van der Waals surface area (Å²) in [6.45, 7) is 9.23. The second-order valence-electron chi connectivity index (χ2n) is 8.82. The smallest absolute Gasteiger partial charge is 0.410 e. The molecule has 1 amide bonds. The SMILES string of the molecule is CCSc1nc2c3c(nc(Cl)c(F)c3n1)CCC[C@@H]1CN(C(=O)OC(C)(C)C)CCN21. The third-order valence-corrected chi connectivity index (χ3v) is 6.39. The maximum absolute atomic E-state index is 14.9. The molecule has 2 aromatic heterocycles. The third kappa shape index (κ3) is 4.53. The summed E-state index contributed by atoms with van der Waals surface area (Å²) < 4.78 is 20.5. The number of rotatable bonds is 2. The summed E-state index contributed by atoms with van der Waals surface area (Å²) in [4.78, 5) is 30.2. The number of aryl methyl sites for hydroxylation is 1. The molecule has 0 bridgehead atoms. The van der Waals surface area contributed by atoms with Crippen LogP contribution in [-0.2, 0) is 11.2 Å². The predicted molar refractivity (Wildman–Crippen MR) is 121 cm³/mol. The number of hydrogen-bond acceptors (Lipinski definition) is 7. The number of fused-ring (bicyclic) bond motifs is 2. The molecule has 1 saturated heterocycles. The fourth-order valence-corrected chi connectivity index (χ4v) is 4.89. The lowest BCUT2D eigenvalue weighted by atomic mass is 9.98. The molecule has 0 radical (unpaired) electrons. The molecule has 0 aliphatic carbocycles. The number of ether oxygens (including phenoxy) is 1. The fraction of sp³-hybridized carbons (Fsp3) is 0.619. The summed E-state index contributed by atoms with van der Waals surface area (Å²) in [7, 11) is 0. The van der Waals surface area contributed by atoms with Crippen LogP contribution in [0.3, 0.4) is 0 Å². The number of amides is 1. The van der Waals surface area contributed by atoms with Crippen molar-refractivity contribution in [1.82, 2.24) is 19.9 Å². The van der Waals surface area contributed by atoms with Crippen molar-refractivity contribution in [2.75, 3.05) is 30.3 Å². The number of anilines is 1. The molecule has 2 aliphatic heterocycles. The van der Waals surface area contributed by atoms with Gasteiger partial charge < -0.3 is 14.5 Å². The zero-order valence-electron chi connectivity index (χ0n) is 18.2. The number of nitrogens with zero attached hydrogens (tertiary/aromatic N) is 5. The zero-order valence-corrected chi connectivity index (χ0v) is 19.8. The Labute approximate surface area is 190 Å². The molecule has 4 heterocycles. The van der Waals surface area contributed by atoms with E-state index in [1.54, 1.807) is 4.90 Å². The van der Waals surface area contributed by atoms with Crippen molar-refractivity contribution in [3.8, 4) is 0 Å². The van der Waals surface area contributed by atoms with Gasteiger partial charge in [-0.25, -0.2) is 24.1 Å². The number of halogens is 2. The third-order valence-electron chi connectivity index (χ3n) is 5.41. The molecule has 0 saturated carbocycles. The largest absolute Gasteiger partial charge is 0.444 e. The van der Waals surface area contributed by atoms with E-state index in [9.17, 15) is 9.18 Å². The van der Waals surface area contributed by atoms with Crippen molar-refractivity contribution in [3.05, 3.63) is 16.7 Å². The Bertz CT molecular complexity index is 1020. The number of carbonyl (C=O) groups is 1. The van der Waals surface area contributed by atoms with Gasteiger partial charge in [-0.1, -0.05) is 30.3 Å². The predicted octanol–water partition coefficient (Wildman–Crippen LogP) is 4.69. The molecule has 10 heteroatoms. The Kier molecular flexibility index (Phi) is 6.18. The summed E-state index contributed by atoms with van der Waals surface area (Å²) in [5.41, 5.74) is 0.422. The number of pyridine rings is 1. The standard InChI is InChI=1S/C21H27ClFN5O2S/c1-5-31-19-25-16-14-13(24-17(22)15(16)23)8-6-7-12-11-27(20(29)30-21(2,3)4)9-10-28(12)18(14)26-19/h12H,5-11H2,1-4H3/t12-/m1/s1. The maximum Gasteiger partial charge on any atom is 0.410 e. The molecule has 168 valence electrons. The van der Waals surface area contributed by atoms with Gasteiger partial charge in [-0.05, 0) is 45.8 Å². The van der Waals surface area contributed by atoms with Gasteiger partial charge in [0.05, 0.1) is 11.1 Å². The summed E-state index contributed by atoms with van der Waals surface area (Å²) in [6.07, 6.45) is 2.06. The highest BCUT2D eigenvalue weighted by Gasteiger charge is 2.35. The number of hydrogen-bond donors (Lipinski definition) is 0. The molecule has 0 aromatic carbocycles. The van der Waals surface area contributed by atoms with Crippen molar-refractivity contribution in [1.29, 1.82) is 0 Å². The van der Waals surface area contributed by atoms with Gasteiger partial charge in [-0.3, -0.25) is 0 Å². The average molecular weight is 468 g/mol. The number of piperazine rings is 1. The van der Waals surface area contributed by atoms with Crippen LogP contribution in [0.15, 0.2) is 5.16 Å². The van der Waals surface area contributed by atoms with Crippen LogP contribution in [0.4, 0.5) is 15.0 Å². The topological polar surface area (TPSA) is 71.5 Å². The average Bonchev–Trinajstić information content (AvgIpc) is 2.68. The first-order valence-corrected chi connectivity index (χ1v) is 12.0. The van der Waals surface area contributed by atoms with Gasteiger partial charge in [0.2, 0.25) is 0 Å². The molecule has 2 aliphatic rings.